The summed E-state index contributed by atoms with van der Waals surface area (Å²) in [6.45, 7) is 4.28. The average molecular weight is 245 g/mol. The molecule has 16 heavy (non-hydrogen) atoms. The van der Waals surface area contributed by atoms with Gasteiger partial charge < -0.3 is 9.73 Å². The van der Waals surface area contributed by atoms with Gasteiger partial charge in [0.05, 0.1) is 18.1 Å². The molecule has 0 spiro atoms. The molecule has 1 N–H and O–H groups in total. The zero-order chi connectivity index (χ0) is 12.0. The van der Waals surface area contributed by atoms with Crippen LogP contribution in [0.15, 0.2) is 22.8 Å². The predicted octanol–water partition coefficient (Wildman–Crippen LogP) is 1.76. The molecule has 1 atom stereocenters. The molecule has 0 aliphatic rings. The van der Waals surface area contributed by atoms with E-state index in [1.165, 1.54) is 0 Å². The molecule has 0 aliphatic carbocycles. The average Bonchev–Trinajstić information content (AvgIpc) is 2.69. The fourth-order valence-corrected chi connectivity index (χ4v) is 2.74. The summed E-state index contributed by atoms with van der Waals surface area (Å²) in [6.07, 6.45) is 2.29. The summed E-state index contributed by atoms with van der Waals surface area (Å²) in [5, 5.41) is 3.13. The summed E-state index contributed by atoms with van der Waals surface area (Å²) in [4.78, 5) is 0. The Morgan fingerprint density at radius 1 is 1.44 bits per heavy atom. The van der Waals surface area contributed by atoms with Crippen molar-refractivity contribution in [1.29, 1.82) is 0 Å². The zero-order valence-electron chi connectivity index (χ0n) is 9.77. The first kappa shape index (κ1) is 13.3. The maximum atomic E-state index is 11.4. The zero-order valence-corrected chi connectivity index (χ0v) is 10.6. The first-order valence-corrected chi connectivity index (χ1v) is 7.34. The molecule has 1 rings (SSSR count). The van der Waals surface area contributed by atoms with Gasteiger partial charge in [-0.25, -0.2) is 8.42 Å². The smallest absolute Gasteiger partial charge is 0.151 e. The van der Waals surface area contributed by atoms with Gasteiger partial charge in [-0.05, 0) is 25.5 Å². The van der Waals surface area contributed by atoms with Gasteiger partial charge in [0.1, 0.15) is 5.76 Å². The molecule has 1 aromatic heterocycles. The van der Waals surface area contributed by atoms with E-state index in [1.807, 2.05) is 26.0 Å². The first-order chi connectivity index (χ1) is 7.55. The standard InChI is InChI=1S/C11H19NO3S/c1-3-8-16(13,14)9-6-12-10(2)11-5-4-7-15-11/h4-5,7,10,12H,3,6,8-9H2,1-2H3. The van der Waals surface area contributed by atoms with E-state index in [4.69, 9.17) is 4.42 Å². The summed E-state index contributed by atoms with van der Waals surface area (Å²) in [5.41, 5.74) is 0. The Morgan fingerprint density at radius 3 is 2.75 bits per heavy atom. The van der Waals surface area contributed by atoms with E-state index in [9.17, 15) is 8.42 Å². The molecule has 4 nitrogen and oxygen atoms in total. The van der Waals surface area contributed by atoms with Crippen molar-refractivity contribution in [2.75, 3.05) is 18.1 Å². The van der Waals surface area contributed by atoms with Gasteiger partial charge in [-0.2, -0.15) is 0 Å². The van der Waals surface area contributed by atoms with Crippen LogP contribution in [-0.2, 0) is 9.84 Å². The third-order valence-electron chi connectivity index (χ3n) is 2.35. The lowest BCUT2D eigenvalue weighted by molar-refractivity contribution is 0.437. The SMILES string of the molecule is CCCS(=O)(=O)CCNC(C)c1ccco1. The second-order valence-corrected chi connectivity index (χ2v) is 6.15. The highest BCUT2D eigenvalue weighted by Crippen LogP contribution is 2.11. The highest BCUT2D eigenvalue weighted by molar-refractivity contribution is 7.91. The lowest BCUT2D eigenvalue weighted by Gasteiger charge is -2.11. The van der Waals surface area contributed by atoms with Gasteiger partial charge >= 0.3 is 0 Å². The van der Waals surface area contributed by atoms with Crippen molar-refractivity contribution in [1.82, 2.24) is 5.32 Å². The van der Waals surface area contributed by atoms with E-state index in [2.05, 4.69) is 5.32 Å². The Labute approximate surface area is 97.0 Å². The molecule has 0 aromatic carbocycles. The predicted molar refractivity (Wildman–Crippen MR) is 64.1 cm³/mol. The topological polar surface area (TPSA) is 59.3 Å². The third-order valence-corrected chi connectivity index (χ3v) is 4.21. The molecule has 0 amide bonds. The number of nitrogens with one attached hydrogen (secondary N) is 1. The molecule has 0 fully saturated rings. The molecule has 0 saturated heterocycles. The molecule has 1 aromatic rings. The molecule has 1 unspecified atom stereocenters. The summed E-state index contributed by atoms with van der Waals surface area (Å²) >= 11 is 0. The number of hydrogen-bond donors (Lipinski definition) is 1. The second kappa shape index (κ2) is 6.06. The van der Waals surface area contributed by atoms with E-state index in [1.54, 1.807) is 6.26 Å². The molecule has 0 aliphatic heterocycles. The largest absolute Gasteiger partial charge is 0.468 e. The normalized spacial score (nSPS) is 13.9. The minimum absolute atomic E-state index is 0.0480. The molecular formula is C11H19NO3S. The van der Waals surface area contributed by atoms with Crippen molar-refractivity contribution < 1.29 is 12.8 Å². The fourth-order valence-electron chi connectivity index (χ4n) is 1.48. The van der Waals surface area contributed by atoms with Gasteiger partial charge in [-0.15, -0.1) is 0 Å². The van der Waals surface area contributed by atoms with Crippen molar-refractivity contribution in [3.05, 3.63) is 24.2 Å². The minimum atomic E-state index is -2.89. The maximum absolute atomic E-state index is 11.4. The summed E-state index contributed by atoms with van der Waals surface area (Å²) in [6, 6.07) is 3.74. The van der Waals surface area contributed by atoms with Crippen LogP contribution in [0.25, 0.3) is 0 Å². The monoisotopic (exact) mass is 245 g/mol. The van der Waals surface area contributed by atoms with Crippen molar-refractivity contribution >= 4 is 9.84 Å². The minimum Gasteiger partial charge on any atom is -0.468 e. The summed E-state index contributed by atoms with van der Waals surface area (Å²) in [7, 11) is -2.89. The first-order valence-electron chi connectivity index (χ1n) is 5.52. The molecule has 1 heterocycles. The Morgan fingerprint density at radius 2 is 2.19 bits per heavy atom. The summed E-state index contributed by atoms with van der Waals surface area (Å²) < 4.78 is 28.1. The molecular weight excluding hydrogens is 226 g/mol. The van der Waals surface area contributed by atoms with Crippen LogP contribution in [0.1, 0.15) is 32.1 Å². The van der Waals surface area contributed by atoms with E-state index >= 15 is 0 Å². The van der Waals surface area contributed by atoms with Gasteiger partial charge in [-0.3, -0.25) is 0 Å². The van der Waals surface area contributed by atoms with E-state index in [0.29, 0.717) is 13.0 Å². The third kappa shape index (κ3) is 4.37. The summed E-state index contributed by atoms with van der Waals surface area (Å²) in [5.74, 6) is 1.28. The van der Waals surface area contributed by atoms with Gasteiger partial charge in [-0.1, -0.05) is 6.92 Å². The van der Waals surface area contributed by atoms with Crippen LogP contribution in [-0.4, -0.2) is 26.5 Å². The van der Waals surface area contributed by atoms with Gasteiger partial charge in [0.15, 0.2) is 9.84 Å². The Bertz CT molecular complexity index is 383. The Balaban J connectivity index is 2.31. The van der Waals surface area contributed by atoms with E-state index in [0.717, 1.165) is 5.76 Å². The quantitative estimate of drug-likeness (QED) is 0.795. The Kier molecular flexibility index (Phi) is 5.02. The maximum Gasteiger partial charge on any atom is 0.151 e. The number of furan rings is 1. The number of hydrogen-bond acceptors (Lipinski definition) is 4. The Hall–Kier alpha value is -0.810. The molecule has 0 bridgehead atoms. The van der Waals surface area contributed by atoms with Crippen molar-refractivity contribution in [3.63, 3.8) is 0 Å². The van der Waals surface area contributed by atoms with Crippen LogP contribution in [0.3, 0.4) is 0 Å². The number of rotatable bonds is 7. The van der Waals surface area contributed by atoms with Crippen molar-refractivity contribution in [3.8, 4) is 0 Å². The highest BCUT2D eigenvalue weighted by Gasteiger charge is 2.11. The van der Waals surface area contributed by atoms with E-state index in [-0.39, 0.29) is 17.5 Å². The van der Waals surface area contributed by atoms with Gasteiger partial charge in [0.25, 0.3) is 0 Å². The van der Waals surface area contributed by atoms with Crippen LogP contribution in [0.5, 0.6) is 0 Å². The van der Waals surface area contributed by atoms with Crippen LogP contribution in [0, 0.1) is 0 Å². The van der Waals surface area contributed by atoms with E-state index < -0.39 is 9.84 Å². The van der Waals surface area contributed by atoms with Crippen LogP contribution >= 0.6 is 0 Å². The van der Waals surface area contributed by atoms with Crippen LogP contribution in [0.2, 0.25) is 0 Å². The van der Waals surface area contributed by atoms with Crippen LogP contribution in [0.4, 0.5) is 0 Å². The number of sulfone groups is 1. The van der Waals surface area contributed by atoms with Gasteiger partial charge in [0.2, 0.25) is 0 Å². The lowest BCUT2D eigenvalue weighted by Crippen LogP contribution is -2.26. The van der Waals surface area contributed by atoms with Crippen molar-refractivity contribution in [2.45, 2.75) is 26.3 Å². The van der Waals surface area contributed by atoms with Crippen molar-refractivity contribution in [2.24, 2.45) is 0 Å². The molecule has 0 radical (unpaired) electrons. The van der Waals surface area contributed by atoms with Gasteiger partial charge in [0, 0.05) is 12.3 Å². The lowest BCUT2D eigenvalue weighted by atomic mass is 10.2. The highest BCUT2D eigenvalue weighted by atomic mass is 32.2. The second-order valence-electron chi connectivity index (χ2n) is 3.84. The van der Waals surface area contributed by atoms with Crippen LogP contribution < -0.4 is 5.32 Å². The molecule has 5 heteroatoms. The molecule has 0 saturated carbocycles. The fraction of sp³-hybridized carbons (Fsp3) is 0.636. The molecule has 92 valence electrons.